The average Bonchev–Trinajstić information content (AvgIpc) is 2.96. The van der Waals surface area contributed by atoms with Gasteiger partial charge in [-0.1, -0.05) is 32.4 Å². The zero-order chi connectivity index (χ0) is 15.2. The summed E-state index contributed by atoms with van der Waals surface area (Å²) in [4.78, 5) is 2.59. The van der Waals surface area contributed by atoms with E-state index in [0.717, 1.165) is 18.1 Å². The predicted molar refractivity (Wildman–Crippen MR) is 88.6 cm³/mol. The van der Waals surface area contributed by atoms with Gasteiger partial charge in [0.1, 0.15) is 5.75 Å². The average molecular weight is 290 g/mol. The van der Waals surface area contributed by atoms with Gasteiger partial charge in [0.15, 0.2) is 0 Å². The van der Waals surface area contributed by atoms with Crippen molar-refractivity contribution >= 4 is 0 Å². The van der Waals surface area contributed by atoms with Gasteiger partial charge in [0, 0.05) is 18.6 Å². The highest BCUT2D eigenvalue weighted by Crippen LogP contribution is 2.32. The molecule has 3 unspecified atom stereocenters. The summed E-state index contributed by atoms with van der Waals surface area (Å²) >= 11 is 0. The highest BCUT2D eigenvalue weighted by molar-refractivity contribution is 5.30. The van der Waals surface area contributed by atoms with E-state index in [9.17, 15) is 0 Å². The second-order valence-electron chi connectivity index (χ2n) is 6.23. The Balaban J connectivity index is 2.14. The molecule has 1 aromatic rings. The second kappa shape index (κ2) is 7.81. The topological polar surface area (TPSA) is 38.5 Å². The molecule has 21 heavy (non-hydrogen) atoms. The zero-order valence-corrected chi connectivity index (χ0v) is 13.7. The van der Waals surface area contributed by atoms with Gasteiger partial charge in [0.2, 0.25) is 0 Å². The lowest BCUT2D eigenvalue weighted by molar-refractivity contribution is 0.201. The molecule has 0 saturated carbocycles. The van der Waals surface area contributed by atoms with E-state index in [1.165, 1.54) is 37.9 Å². The number of ether oxygens (including phenoxy) is 1. The van der Waals surface area contributed by atoms with Gasteiger partial charge in [-0.2, -0.15) is 0 Å². The van der Waals surface area contributed by atoms with Gasteiger partial charge >= 0.3 is 0 Å². The van der Waals surface area contributed by atoms with E-state index in [0.29, 0.717) is 6.04 Å². The molecule has 1 heterocycles. The standard InChI is InChI=1S/C18H30N2O/c1-4-6-14-11-12-20(13-14)18(17(19)5-2)15-7-9-16(21-3)10-8-15/h7-10,14,17-18H,4-6,11-13,19H2,1-3H3. The first-order valence-electron chi connectivity index (χ1n) is 8.33. The van der Waals surface area contributed by atoms with Gasteiger partial charge in [0.25, 0.3) is 0 Å². The molecule has 1 aromatic carbocycles. The van der Waals surface area contributed by atoms with Crippen LogP contribution in [0.5, 0.6) is 5.75 Å². The minimum atomic E-state index is 0.193. The number of methoxy groups -OCH3 is 1. The first-order chi connectivity index (χ1) is 10.2. The van der Waals surface area contributed by atoms with Crippen LogP contribution in [0.25, 0.3) is 0 Å². The Morgan fingerprint density at radius 1 is 1.29 bits per heavy atom. The van der Waals surface area contributed by atoms with E-state index in [1.807, 2.05) is 12.1 Å². The van der Waals surface area contributed by atoms with Crippen LogP contribution in [0.15, 0.2) is 24.3 Å². The van der Waals surface area contributed by atoms with Crippen molar-refractivity contribution in [3.05, 3.63) is 29.8 Å². The largest absolute Gasteiger partial charge is 0.497 e. The van der Waals surface area contributed by atoms with Crippen LogP contribution in [0.2, 0.25) is 0 Å². The Morgan fingerprint density at radius 3 is 2.57 bits per heavy atom. The number of rotatable bonds is 7. The highest BCUT2D eigenvalue weighted by Gasteiger charge is 2.31. The van der Waals surface area contributed by atoms with Gasteiger partial charge in [-0.05, 0) is 49.4 Å². The molecule has 1 aliphatic heterocycles. The maximum atomic E-state index is 6.45. The summed E-state index contributed by atoms with van der Waals surface area (Å²) in [5.74, 6) is 1.76. The van der Waals surface area contributed by atoms with Crippen molar-refractivity contribution in [1.29, 1.82) is 0 Å². The summed E-state index contributed by atoms with van der Waals surface area (Å²) in [6.45, 7) is 6.83. The molecule has 1 fully saturated rings. The number of likely N-dealkylation sites (tertiary alicyclic amines) is 1. The van der Waals surface area contributed by atoms with Crippen molar-refractivity contribution in [2.24, 2.45) is 11.7 Å². The van der Waals surface area contributed by atoms with Crippen LogP contribution in [-0.2, 0) is 0 Å². The Bertz CT molecular complexity index is 418. The Morgan fingerprint density at radius 2 is 2.00 bits per heavy atom. The number of hydrogen-bond acceptors (Lipinski definition) is 3. The van der Waals surface area contributed by atoms with Crippen LogP contribution in [0.3, 0.4) is 0 Å². The third kappa shape index (κ3) is 3.98. The molecule has 0 radical (unpaired) electrons. The molecule has 2 N–H and O–H groups in total. The van der Waals surface area contributed by atoms with Gasteiger partial charge in [-0.25, -0.2) is 0 Å². The van der Waals surface area contributed by atoms with Crippen LogP contribution in [0.1, 0.15) is 51.1 Å². The maximum Gasteiger partial charge on any atom is 0.118 e. The lowest BCUT2D eigenvalue weighted by atomic mass is 9.96. The molecule has 0 amide bonds. The van der Waals surface area contributed by atoms with E-state index in [2.05, 4.69) is 30.9 Å². The first-order valence-corrected chi connectivity index (χ1v) is 8.33. The normalized spacial score (nSPS) is 22.2. The third-order valence-corrected chi connectivity index (χ3v) is 4.74. The van der Waals surface area contributed by atoms with Crippen molar-refractivity contribution < 1.29 is 4.74 Å². The summed E-state index contributed by atoms with van der Waals surface area (Å²) in [6.07, 6.45) is 4.95. The lowest BCUT2D eigenvalue weighted by Crippen LogP contribution is -2.39. The van der Waals surface area contributed by atoms with Crippen molar-refractivity contribution in [2.75, 3.05) is 20.2 Å². The zero-order valence-electron chi connectivity index (χ0n) is 13.7. The third-order valence-electron chi connectivity index (χ3n) is 4.74. The van der Waals surface area contributed by atoms with Gasteiger partial charge in [0.05, 0.1) is 7.11 Å². The fraction of sp³-hybridized carbons (Fsp3) is 0.667. The first kappa shape index (κ1) is 16.3. The Labute approximate surface area is 129 Å². The quantitative estimate of drug-likeness (QED) is 0.834. The van der Waals surface area contributed by atoms with Crippen LogP contribution < -0.4 is 10.5 Å². The van der Waals surface area contributed by atoms with Crippen molar-refractivity contribution in [2.45, 2.75) is 51.6 Å². The minimum Gasteiger partial charge on any atom is -0.497 e. The molecule has 3 atom stereocenters. The van der Waals surface area contributed by atoms with Crippen molar-refractivity contribution in [3.63, 3.8) is 0 Å². The lowest BCUT2D eigenvalue weighted by Gasteiger charge is -2.33. The van der Waals surface area contributed by atoms with Gasteiger partial charge in [-0.15, -0.1) is 0 Å². The number of nitrogens with two attached hydrogens (primary N) is 1. The SMILES string of the molecule is CCCC1CCN(C(c2ccc(OC)cc2)C(N)CC)C1. The van der Waals surface area contributed by atoms with E-state index in [1.54, 1.807) is 7.11 Å². The molecular formula is C18H30N2O. The summed E-state index contributed by atoms with van der Waals surface area (Å²) < 4.78 is 5.27. The number of hydrogen-bond donors (Lipinski definition) is 1. The van der Waals surface area contributed by atoms with Crippen LogP contribution in [0, 0.1) is 5.92 Å². The van der Waals surface area contributed by atoms with E-state index < -0.39 is 0 Å². The Hall–Kier alpha value is -1.06. The molecule has 0 bridgehead atoms. The molecule has 1 aliphatic rings. The van der Waals surface area contributed by atoms with E-state index in [4.69, 9.17) is 10.5 Å². The summed E-state index contributed by atoms with van der Waals surface area (Å²) in [5.41, 5.74) is 7.77. The molecule has 118 valence electrons. The molecule has 0 aliphatic carbocycles. The van der Waals surface area contributed by atoms with Crippen LogP contribution in [0.4, 0.5) is 0 Å². The molecule has 1 saturated heterocycles. The molecule has 0 aromatic heterocycles. The van der Waals surface area contributed by atoms with Gasteiger partial charge < -0.3 is 10.5 Å². The maximum absolute atomic E-state index is 6.45. The fourth-order valence-electron chi connectivity index (χ4n) is 3.51. The van der Waals surface area contributed by atoms with Gasteiger partial charge in [-0.3, -0.25) is 4.90 Å². The summed E-state index contributed by atoms with van der Waals surface area (Å²) in [5, 5.41) is 0. The van der Waals surface area contributed by atoms with Crippen molar-refractivity contribution in [1.82, 2.24) is 4.90 Å². The highest BCUT2D eigenvalue weighted by atomic mass is 16.5. The fourth-order valence-corrected chi connectivity index (χ4v) is 3.51. The summed E-state index contributed by atoms with van der Waals surface area (Å²) in [7, 11) is 1.71. The van der Waals surface area contributed by atoms with Crippen LogP contribution >= 0.6 is 0 Å². The molecule has 3 heteroatoms. The minimum absolute atomic E-state index is 0.193. The smallest absolute Gasteiger partial charge is 0.118 e. The number of benzene rings is 1. The van der Waals surface area contributed by atoms with Crippen molar-refractivity contribution in [3.8, 4) is 5.75 Å². The molecule has 3 nitrogen and oxygen atoms in total. The summed E-state index contributed by atoms with van der Waals surface area (Å²) in [6, 6.07) is 8.97. The number of nitrogens with zero attached hydrogens (tertiary/aromatic N) is 1. The monoisotopic (exact) mass is 290 g/mol. The molecular weight excluding hydrogens is 260 g/mol. The van der Waals surface area contributed by atoms with E-state index in [-0.39, 0.29) is 6.04 Å². The van der Waals surface area contributed by atoms with E-state index >= 15 is 0 Å². The molecule has 2 rings (SSSR count). The predicted octanol–water partition coefficient (Wildman–Crippen LogP) is 3.60. The molecule has 0 spiro atoms. The van der Waals surface area contributed by atoms with Crippen LogP contribution in [-0.4, -0.2) is 31.1 Å². The second-order valence-corrected chi connectivity index (χ2v) is 6.23. The Kier molecular flexibility index (Phi) is 6.07.